The van der Waals surface area contributed by atoms with Crippen LogP contribution in [0.5, 0.6) is 5.75 Å². The molecule has 0 saturated heterocycles. The first-order valence-electron chi connectivity index (χ1n) is 5.31. The lowest BCUT2D eigenvalue weighted by Crippen LogP contribution is -2.18. The van der Waals surface area contributed by atoms with Gasteiger partial charge >= 0.3 is 0 Å². The molecule has 0 aromatic heterocycles. The fourth-order valence-electron chi connectivity index (χ4n) is 1.38. The van der Waals surface area contributed by atoms with Gasteiger partial charge in [-0.3, -0.25) is 0 Å². The van der Waals surface area contributed by atoms with Crippen molar-refractivity contribution in [3.05, 3.63) is 29.6 Å². The molecule has 0 bridgehead atoms. The van der Waals surface area contributed by atoms with E-state index in [1.54, 1.807) is 12.1 Å². The molecule has 0 unspecified atom stereocenters. The first-order chi connectivity index (χ1) is 7.27. The number of rotatable bonds is 6. The van der Waals surface area contributed by atoms with Crippen LogP contribution >= 0.6 is 0 Å². The Bertz CT molecular complexity index is 302. The summed E-state index contributed by atoms with van der Waals surface area (Å²) < 4.78 is 18.4. The molecule has 0 heterocycles. The number of benzene rings is 1. The third-order valence-corrected chi connectivity index (χ3v) is 2.26. The maximum atomic E-state index is 13.4. The SMILES string of the molecule is CCCNCCc1ccc(OC)cc1F. The number of nitrogens with one attached hydrogen (secondary N) is 1. The van der Waals surface area contributed by atoms with E-state index in [9.17, 15) is 4.39 Å². The molecule has 1 aromatic carbocycles. The first kappa shape index (κ1) is 12.0. The third-order valence-electron chi connectivity index (χ3n) is 2.26. The monoisotopic (exact) mass is 211 g/mol. The van der Waals surface area contributed by atoms with Gasteiger partial charge in [0.1, 0.15) is 11.6 Å². The fourth-order valence-corrected chi connectivity index (χ4v) is 1.38. The Hall–Kier alpha value is -1.09. The first-order valence-corrected chi connectivity index (χ1v) is 5.31. The lowest BCUT2D eigenvalue weighted by atomic mass is 10.1. The molecule has 0 atom stereocenters. The largest absolute Gasteiger partial charge is 0.497 e. The Morgan fingerprint density at radius 2 is 2.13 bits per heavy atom. The van der Waals surface area contributed by atoms with E-state index in [1.165, 1.54) is 13.2 Å². The van der Waals surface area contributed by atoms with E-state index >= 15 is 0 Å². The van der Waals surface area contributed by atoms with E-state index in [1.807, 2.05) is 0 Å². The topological polar surface area (TPSA) is 21.3 Å². The number of methoxy groups -OCH3 is 1. The second-order valence-corrected chi connectivity index (χ2v) is 3.46. The van der Waals surface area contributed by atoms with Crippen LogP contribution in [0.15, 0.2) is 18.2 Å². The summed E-state index contributed by atoms with van der Waals surface area (Å²) in [5, 5.41) is 3.24. The van der Waals surface area contributed by atoms with Crippen LogP contribution in [0.25, 0.3) is 0 Å². The Morgan fingerprint density at radius 3 is 2.73 bits per heavy atom. The Balaban J connectivity index is 2.47. The zero-order valence-corrected chi connectivity index (χ0v) is 9.35. The standard InChI is InChI=1S/C12H18FNO/c1-3-7-14-8-6-10-4-5-11(15-2)9-12(10)13/h4-5,9,14H,3,6-8H2,1-2H3. The molecule has 0 radical (unpaired) electrons. The van der Waals surface area contributed by atoms with E-state index in [-0.39, 0.29) is 5.82 Å². The average Bonchev–Trinajstić information content (AvgIpc) is 2.26. The van der Waals surface area contributed by atoms with Gasteiger partial charge in [-0.15, -0.1) is 0 Å². The number of hydrogen-bond acceptors (Lipinski definition) is 2. The molecule has 0 aliphatic rings. The molecular weight excluding hydrogens is 193 g/mol. The van der Waals surface area contributed by atoms with Crippen LogP contribution < -0.4 is 10.1 Å². The van der Waals surface area contributed by atoms with Gasteiger partial charge in [0.2, 0.25) is 0 Å². The molecule has 0 amide bonds. The molecule has 0 fully saturated rings. The molecule has 0 spiro atoms. The summed E-state index contributed by atoms with van der Waals surface area (Å²) >= 11 is 0. The van der Waals surface area contributed by atoms with Crippen molar-refractivity contribution in [3.8, 4) is 5.75 Å². The Kier molecular flexibility index (Phi) is 5.12. The highest BCUT2D eigenvalue weighted by atomic mass is 19.1. The normalized spacial score (nSPS) is 10.3. The van der Waals surface area contributed by atoms with Gasteiger partial charge in [0, 0.05) is 6.07 Å². The lowest BCUT2D eigenvalue weighted by molar-refractivity contribution is 0.410. The third kappa shape index (κ3) is 3.88. The second kappa shape index (κ2) is 6.40. The molecule has 84 valence electrons. The molecule has 2 nitrogen and oxygen atoms in total. The van der Waals surface area contributed by atoms with Crippen molar-refractivity contribution in [2.45, 2.75) is 19.8 Å². The molecule has 3 heteroatoms. The van der Waals surface area contributed by atoms with Gasteiger partial charge in [-0.05, 0) is 37.6 Å². The van der Waals surface area contributed by atoms with E-state index in [0.717, 1.165) is 31.5 Å². The summed E-state index contributed by atoms with van der Waals surface area (Å²) in [6.07, 6.45) is 1.82. The number of hydrogen-bond donors (Lipinski definition) is 1. The summed E-state index contributed by atoms with van der Waals surface area (Å²) in [4.78, 5) is 0. The second-order valence-electron chi connectivity index (χ2n) is 3.46. The minimum absolute atomic E-state index is 0.187. The van der Waals surface area contributed by atoms with Crippen LogP contribution in [0, 0.1) is 5.82 Å². The molecule has 1 N–H and O–H groups in total. The van der Waals surface area contributed by atoms with Gasteiger partial charge in [0.15, 0.2) is 0 Å². The lowest BCUT2D eigenvalue weighted by Gasteiger charge is -2.06. The zero-order valence-electron chi connectivity index (χ0n) is 9.35. The van der Waals surface area contributed by atoms with Gasteiger partial charge in [-0.1, -0.05) is 13.0 Å². The van der Waals surface area contributed by atoms with Crippen LogP contribution in [-0.2, 0) is 6.42 Å². The van der Waals surface area contributed by atoms with Crippen molar-refractivity contribution in [2.24, 2.45) is 0 Å². The van der Waals surface area contributed by atoms with Gasteiger partial charge in [0.05, 0.1) is 7.11 Å². The number of ether oxygens (including phenoxy) is 1. The van der Waals surface area contributed by atoms with Gasteiger partial charge in [0.25, 0.3) is 0 Å². The highest BCUT2D eigenvalue weighted by Gasteiger charge is 2.03. The van der Waals surface area contributed by atoms with Crippen LogP contribution in [0.4, 0.5) is 4.39 Å². The molecule has 1 rings (SSSR count). The average molecular weight is 211 g/mol. The van der Waals surface area contributed by atoms with Gasteiger partial charge < -0.3 is 10.1 Å². The summed E-state index contributed by atoms with van der Waals surface area (Å²) in [7, 11) is 1.54. The van der Waals surface area contributed by atoms with Crippen molar-refractivity contribution in [2.75, 3.05) is 20.2 Å². The molecule has 1 aromatic rings. The summed E-state index contributed by atoms with van der Waals surface area (Å²) in [6, 6.07) is 5.00. The van der Waals surface area contributed by atoms with E-state index in [4.69, 9.17) is 4.74 Å². The van der Waals surface area contributed by atoms with E-state index in [2.05, 4.69) is 12.2 Å². The summed E-state index contributed by atoms with van der Waals surface area (Å²) in [5.74, 6) is 0.380. The predicted octanol–water partition coefficient (Wildman–Crippen LogP) is 2.38. The van der Waals surface area contributed by atoms with Crippen LogP contribution in [0.1, 0.15) is 18.9 Å². The van der Waals surface area contributed by atoms with Crippen molar-refractivity contribution in [3.63, 3.8) is 0 Å². The summed E-state index contributed by atoms with van der Waals surface area (Å²) in [5.41, 5.74) is 0.736. The van der Waals surface area contributed by atoms with Gasteiger partial charge in [-0.25, -0.2) is 4.39 Å². The quantitative estimate of drug-likeness (QED) is 0.729. The van der Waals surface area contributed by atoms with Crippen LogP contribution in [-0.4, -0.2) is 20.2 Å². The molecule has 0 aliphatic carbocycles. The maximum absolute atomic E-state index is 13.4. The molecule has 0 aliphatic heterocycles. The fraction of sp³-hybridized carbons (Fsp3) is 0.500. The van der Waals surface area contributed by atoms with Crippen molar-refractivity contribution < 1.29 is 9.13 Å². The van der Waals surface area contributed by atoms with E-state index < -0.39 is 0 Å². The van der Waals surface area contributed by atoms with Crippen molar-refractivity contribution >= 4 is 0 Å². The van der Waals surface area contributed by atoms with Crippen molar-refractivity contribution in [1.29, 1.82) is 0 Å². The predicted molar refractivity (Wildman–Crippen MR) is 59.8 cm³/mol. The number of halogens is 1. The van der Waals surface area contributed by atoms with Gasteiger partial charge in [-0.2, -0.15) is 0 Å². The summed E-state index contributed by atoms with van der Waals surface area (Å²) in [6.45, 7) is 3.91. The highest BCUT2D eigenvalue weighted by molar-refractivity contribution is 5.29. The Labute approximate surface area is 90.4 Å². The molecule has 15 heavy (non-hydrogen) atoms. The Morgan fingerprint density at radius 1 is 1.33 bits per heavy atom. The highest BCUT2D eigenvalue weighted by Crippen LogP contribution is 2.16. The smallest absolute Gasteiger partial charge is 0.130 e. The zero-order chi connectivity index (χ0) is 11.1. The minimum atomic E-state index is -0.187. The van der Waals surface area contributed by atoms with Crippen LogP contribution in [0.3, 0.4) is 0 Å². The molecule has 0 saturated carbocycles. The van der Waals surface area contributed by atoms with Crippen LogP contribution in [0.2, 0.25) is 0 Å². The van der Waals surface area contributed by atoms with Crippen molar-refractivity contribution in [1.82, 2.24) is 5.32 Å². The maximum Gasteiger partial charge on any atom is 0.130 e. The van der Waals surface area contributed by atoms with E-state index in [0.29, 0.717) is 5.75 Å². The molecular formula is C12H18FNO. The minimum Gasteiger partial charge on any atom is -0.497 e.